The molecule has 0 radical (unpaired) electrons. The molecule has 0 aliphatic heterocycles. The molecule has 1 N–H and O–H groups in total. The lowest BCUT2D eigenvalue weighted by Gasteiger charge is -1.96. The molecular weight excluding hydrogens is 336 g/mol. The second-order valence-electron chi connectivity index (χ2n) is 5.60. The minimum Gasteiger partial charge on any atom is -0.465 e. The summed E-state index contributed by atoms with van der Waals surface area (Å²) in [5, 5.41) is 8.84. The smallest absolute Gasteiger partial charge is 0.337 e. The average Bonchev–Trinajstić information content (AvgIpc) is 3.20. The second-order valence-corrected chi connectivity index (χ2v) is 5.60. The summed E-state index contributed by atoms with van der Waals surface area (Å²) in [4.78, 5) is 19.4. The molecule has 4 rings (SSSR count). The Morgan fingerprint density at radius 1 is 1.00 bits per heavy atom. The Morgan fingerprint density at radius 3 is 2.15 bits per heavy atom. The van der Waals surface area contributed by atoms with Gasteiger partial charge in [-0.2, -0.15) is 0 Å². The van der Waals surface area contributed by atoms with Crippen molar-refractivity contribution in [1.82, 2.24) is 9.97 Å². The van der Waals surface area contributed by atoms with Crippen LogP contribution >= 0.6 is 0 Å². The maximum absolute atomic E-state index is 11.2. The number of aromatic nitrogens is 2. The van der Waals surface area contributed by atoms with E-state index in [0.29, 0.717) is 22.9 Å². The zero-order valence-corrected chi connectivity index (χ0v) is 14.6. The van der Waals surface area contributed by atoms with Crippen molar-refractivity contribution in [3.8, 4) is 0 Å². The molecule has 2 aromatic heterocycles. The van der Waals surface area contributed by atoms with Crippen molar-refractivity contribution in [1.29, 1.82) is 0 Å². The van der Waals surface area contributed by atoms with Crippen molar-refractivity contribution in [2.24, 2.45) is 0 Å². The molecular formula is C19H18N2O5. The van der Waals surface area contributed by atoms with E-state index in [1.54, 1.807) is 38.1 Å². The van der Waals surface area contributed by atoms with Gasteiger partial charge in [0.2, 0.25) is 0 Å². The Morgan fingerprint density at radius 2 is 1.58 bits per heavy atom. The minimum atomic E-state index is -0.374. The summed E-state index contributed by atoms with van der Waals surface area (Å²) >= 11 is 0. The fourth-order valence-electron chi connectivity index (χ4n) is 2.47. The van der Waals surface area contributed by atoms with Crippen LogP contribution in [0.25, 0.3) is 22.2 Å². The molecule has 0 amide bonds. The molecule has 0 saturated heterocycles. The van der Waals surface area contributed by atoms with Crippen molar-refractivity contribution >= 4 is 28.2 Å². The molecule has 26 heavy (non-hydrogen) atoms. The number of hydrogen-bond acceptors (Lipinski definition) is 7. The third-order valence-electron chi connectivity index (χ3n) is 3.66. The van der Waals surface area contributed by atoms with Crippen molar-refractivity contribution < 1.29 is 23.5 Å². The summed E-state index contributed by atoms with van der Waals surface area (Å²) in [6, 6.07) is 10.5. The third kappa shape index (κ3) is 3.73. The third-order valence-corrected chi connectivity index (χ3v) is 3.66. The predicted molar refractivity (Wildman–Crippen MR) is 94.8 cm³/mol. The van der Waals surface area contributed by atoms with Crippen LogP contribution in [0.4, 0.5) is 0 Å². The van der Waals surface area contributed by atoms with Crippen LogP contribution in [-0.2, 0) is 11.3 Å². The van der Waals surface area contributed by atoms with Crippen LogP contribution in [-0.4, -0.2) is 28.2 Å². The summed E-state index contributed by atoms with van der Waals surface area (Å²) in [6.07, 6.45) is 0. The number of ether oxygens (including phenoxy) is 1. The monoisotopic (exact) mass is 354 g/mol. The van der Waals surface area contributed by atoms with Crippen molar-refractivity contribution in [2.45, 2.75) is 20.5 Å². The molecule has 2 aromatic carbocycles. The molecule has 0 atom stereocenters. The Bertz CT molecular complexity index is 1060. The zero-order valence-electron chi connectivity index (χ0n) is 14.6. The van der Waals surface area contributed by atoms with E-state index in [1.807, 2.05) is 12.1 Å². The van der Waals surface area contributed by atoms with Gasteiger partial charge in [0.05, 0.1) is 19.3 Å². The van der Waals surface area contributed by atoms with Gasteiger partial charge in [-0.3, -0.25) is 0 Å². The van der Waals surface area contributed by atoms with E-state index in [4.69, 9.17) is 13.9 Å². The summed E-state index contributed by atoms with van der Waals surface area (Å²) in [5.41, 5.74) is 4.24. The maximum atomic E-state index is 11.2. The van der Waals surface area contributed by atoms with Crippen LogP contribution < -0.4 is 0 Å². The number of carbonyl (C=O) groups excluding carboxylic acids is 1. The van der Waals surface area contributed by atoms with E-state index >= 15 is 0 Å². The number of carbonyl (C=O) groups is 1. The van der Waals surface area contributed by atoms with Gasteiger partial charge in [0.25, 0.3) is 0 Å². The molecule has 0 aliphatic rings. The number of esters is 1. The molecule has 0 aliphatic carbocycles. The fraction of sp³-hybridized carbons (Fsp3) is 0.211. The Kier molecular flexibility index (Phi) is 4.99. The van der Waals surface area contributed by atoms with E-state index in [0.717, 1.165) is 22.2 Å². The normalized spacial score (nSPS) is 10.6. The van der Waals surface area contributed by atoms with Crippen LogP contribution in [0, 0.1) is 13.8 Å². The first-order chi connectivity index (χ1) is 12.5. The first-order valence-electron chi connectivity index (χ1n) is 7.92. The number of fused-ring (bicyclic) bond motifs is 2. The molecule has 0 unspecified atom stereocenters. The highest BCUT2D eigenvalue weighted by atomic mass is 16.5. The van der Waals surface area contributed by atoms with E-state index in [9.17, 15) is 4.79 Å². The molecule has 7 heteroatoms. The predicted octanol–water partition coefficient (Wildman–Crippen LogP) is 3.55. The van der Waals surface area contributed by atoms with Crippen molar-refractivity contribution in [2.75, 3.05) is 7.11 Å². The average molecular weight is 354 g/mol. The van der Waals surface area contributed by atoms with Crippen LogP contribution in [0.2, 0.25) is 0 Å². The highest BCUT2D eigenvalue weighted by Gasteiger charge is 2.08. The first-order valence-corrected chi connectivity index (χ1v) is 7.92. The number of aliphatic hydroxyl groups is 1. The largest absolute Gasteiger partial charge is 0.465 e. The highest BCUT2D eigenvalue weighted by molar-refractivity contribution is 5.93. The molecule has 0 saturated carbocycles. The van der Waals surface area contributed by atoms with E-state index in [-0.39, 0.29) is 12.6 Å². The number of methoxy groups -OCH3 is 1. The zero-order chi connectivity index (χ0) is 18.7. The quantitative estimate of drug-likeness (QED) is 0.550. The lowest BCUT2D eigenvalue weighted by molar-refractivity contribution is 0.0600. The summed E-state index contributed by atoms with van der Waals surface area (Å²) in [5.74, 6) is 0.864. The fourth-order valence-corrected chi connectivity index (χ4v) is 2.47. The van der Waals surface area contributed by atoms with Gasteiger partial charge in [0.15, 0.2) is 22.9 Å². The molecule has 4 aromatic rings. The van der Waals surface area contributed by atoms with Crippen LogP contribution in [0.3, 0.4) is 0 Å². The van der Waals surface area contributed by atoms with Gasteiger partial charge in [-0.15, -0.1) is 0 Å². The van der Waals surface area contributed by atoms with Crippen molar-refractivity contribution in [3.05, 3.63) is 59.3 Å². The Balaban J connectivity index is 0.000000152. The van der Waals surface area contributed by atoms with E-state index < -0.39 is 0 Å². The van der Waals surface area contributed by atoms with Gasteiger partial charge in [0, 0.05) is 13.8 Å². The maximum Gasteiger partial charge on any atom is 0.337 e. The lowest BCUT2D eigenvalue weighted by Crippen LogP contribution is -2.00. The van der Waals surface area contributed by atoms with Crippen molar-refractivity contribution in [3.63, 3.8) is 0 Å². The molecule has 0 spiro atoms. The molecule has 2 heterocycles. The SMILES string of the molecule is COC(=O)c1ccc2nc(C)oc2c1.Cc1nc2ccc(CO)cc2o1. The Hall–Kier alpha value is -3.19. The number of nitrogens with zero attached hydrogens (tertiary/aromatic N) is 2. The first kappa shape index (κ1) is 17.6. The van der Waals surface area contributed by atoms with Gasteiger partial charge in [0.1, 0.15) is 11.0 Å². The van der Waals surface area contributed by atoms with Crippen LogP contribution in [0.15, 0.2) is 45.2 Å². The topological polar surface area (TPSA) is 98.6 Å². The number of oxazole rings is 2. The summed E-state index contributed by atoms with van der Waals surface area (Å²) in [6.45, 7) is 3.60. The van der Waals surface area contributed by atoms with Crippen LogP contribution in [0.1, 0.15) is 27.7 Å². The number of aliphatic hydroxyl groups excluding tert-OH is 1. The second kappa shape index (κ2) is 7.37. The van der Waals surface area contributed by atoms with Crippen LogP contribution in [0.5, 0.6) is 0 Å². The molecule has 0 bridgehead atoms. The summed E-state index contributed by atoms with van der Waals surface area (Å²) < 4.78 is 15.2. The van der Waals surface area contributed by atoms with Gasteiger partial charge in [-0.05, 0) is 35.9 Å². The standard InChI is InChI=1S/C10H9NO3.C9H9NO2/c1-6-11-8-4-3-7(10(12)13-2)5-9(8)14-6;1-6-10-8-3-2-7(5-11)4-9(8)12-6/h3-5H,1-2H3;2-4,11H,5H2,1H3. The van der Waals surface area contributed by atoms with E-state index in [1.165, 1.54) is 7.11 Å². The van der Waals surface area contributed by atoms with E-state index in [2.05, 4.69) is 14.7 Å². The summed E-state index contributed by atoms with van der Waals surface area (Å²) in [7, 11) is 1.35. The van der Waals surface area contributed by atoms with Gasteiger partial charge >= 0.3 is 5.97 Å². The number of aryl methyl sites for hydroxylation is 2. The molecule has 7 nitrogen and oxygen atoms in total. The lowest BCUT2D eigenvalue weighted by atomic mass is 10.2. The molecule has 0 fully saturated rings. The van der Waals surface area contributed by atoms with Gasteiger partial charge in [-0.1, -0.05) is 6.07 Å². The Labute approximate surface area is 149 Å². The number of rotatable bonds is 2. The minimum absolute atomic E-state index is 0.0374. The highest BCUT2D eigenvalue weighted by Crippen LogP contribution is 2.17. The number of benzene rings is 2. The van der Waals surface area contributed by atoms with Gasteiger partial charge < -0.3 is 18.7 Å². The number of hydrogen-bond donors (Lipinski definition) is 1. The molecule has 134 valence electrons. The van der Waals surface area contributed by atoms with Gasteiger partial charge in [-0.25, -0.2) is 14.8 Å².